The molecule has 1 amide bonds. The van der Waals surface area contributed by atoms with Crippen LogP contribution >= 0.6 is 0 Å². The highest BCUT2D eigenvalue weighted by molar-refractivity contribution is 5.66. The number of amides is 1. The normalized spacial score (nSPS) is 25.3. The van der Waals surface area contributed by atoms with Crippen molar-refractivity contribution in [1.82, 2.24) is 5.48 Å². The molecule has 0 aliphatic heterocycles. The van der Waals surface area contributed by atoms with Gasteiger partial charge in [-0.1, -0.05) is 12.2 Å². The first kappa shape index (κ1) is 12.0. The Balaban J connectivity index is 2.20. The minimum Gasteiger partial charge on any atom is -0.442 e. The maximum atomic E-state index is 11.2. The molecule has 0 saturated heterocycles. The third kappa shape index (κ3) is 4.80. The first-order chi connectivity index (χ1) is 6.87. The summed E-state index contributed by atoms with van der Waals surface area (Å²) < 4.78 is 4.96. The molecule has 1 rings (SSSR count). The van der Waals surface area contributed by atoms with E-state index in [1.54, 1.807) is 32.9 Å². The summed E-state index contributed by atoms with van der Waals surface area (Å²) in [6.45, 7) is 5.31. The zero-order valence-electron chi connectivity index (χ0n) is 9.19. The van der Waals surface area contributed by atoms with Gasteiger partial charge in [-0.15, -0.1) is 0 Å². The maximum absolute atomic E-state index is 11.2. The summed E-state index contributed by atoms with van der Waals surface area (Å²) in [5.74, 6) is 0. The van der Waals surface area contributed by atoms with Gasteiger partial charge in [-0.3, -0.25) is 4.84 Å². The fourth-order valence-electron chi connectivity index (χ4n) is 1.16. The molecule has 86 valence electrons. The predicted molar refractivity (Wildman–Crippen MR) is 54.0 cm³/mol. The number of hydrogen-bond donors (Lipinski definition) is 2. The minimum atomic E-state index is -0.628. The molecule has 0 aromatic heterocycles. The first-order valence-corrected chi connectivity index (χ1v) is 4.88. The summed E-state index contributed by atoms with van der Waals surface area (Å²) in [5, 5.41) is 9.14. The SMILES string of the molecule is CC(C)(C)OC(=O)NOC1C=CC(O)C1. The molecular formula is C10H17NO4. The van der Waals surface area contributed by atoms with Crippen LogP contribution in [0.5, 0.6) is 0 Å². The number of aliphatic hydroxyl groups is 1. The van der Waals surface area contributed by atoms with E-state index in [9.17, 15) is 4.79 Å². The third-order valence-corrected chi connectivity index (χ3v) is 1.71. The van der Waals surface area contributed by atoms with Crippen LogP contribution in [0.2, 0.25) is 0 Å². The molecule has 5 heteroatoms. The van der Waals surface area contributed by atoms with Crippen LogP contribution < -0.4 is 5.48 Å². The molecule has 0 aromatic rings. The van der Waals surface area contributed by atoms with Gasteiger partial charge in [0.05, 0.1) is 6.10 Å². The fourth-order valence-corrected chi connectivity index (χ4v) is 1.16. The maximum Gasteiger partial charge on any atom is 0.431 e. The Bertz CT molecular complexity index is 257. The van der Waals surface area contributed by atoms with Crippen molar-refractivity contribution in [2.24, 2.45) is 0 Å². The van der Waals surface area contributed by atoms with Gasteiger partial charge in [-0.05, 0) is 20.8 Å². The minimum absolute atomic E-state index is 0.285. The molecule has 0 fully saturated rings. The molecule has 1 aliphatic rings. The van der Waals surface area contributed by atoms with E-state index in [1.807, 2.05) is 0 Å². The summed E-state index contributed by atoms with van der Waals surface area (Å²) >= 11 is 0. The van der Waals surface area contributed by atoms with Gasteiger partial charge >= 0.3 is 6.09 Å². The van der Waals surface area contributed by atoms with Gasteiger partial charge in [0.2, 0.25) is 0 Å². The Hall–Kier alpha value is -1.07. The summed E-state index contributed by atoms with van der Waals surface area (Å²) in [7, 11) is 0. The van der Waals surface area contributed by atoms with Gasteiger partial charge < -0.3 is 9.84 Å². The van der Waals surface area contributed by atoms with Gasteiger partial charge in [0.25, 0.3) is 0 Å². The standard InChI is InChI=1S/C10H17NO4/c1-10(2,3)14-9(13)11-15-8-5-4-7(12)6-8/h4-5,7-8,12H,6H2,1-3H3,(H,11,13). The molecule has 2 atom stereocenters. The smallest absolute Gasteiger partial charge is 0.431 e. The van der Waals surface area contributed by atoms with Crippen LogP contribution in [0.4, 0.5) is 4.79 Å². The van der Waals surface area contributed by atoms with E-state index in [0.29, 0.717) is 6.42 Å². The van der Waals surface area contributed by atoms with Crippen molar-refractivity contribution in [2.45, 2.75) is 45.0 Å². The van der Waals surface area contributed by atoms with E-state index in [4.69, 9.17) is 14.7 Å². The van der Waals surface area contributed by atoms with Gasteiger partial charge in [-0.2, -0.15) is 5.48 Å². The van der Waals surface area contributed by atoms with Crippen molar-refractivity contribution >= 4 is 6.09 Å². The number of nitrogens with one attached hydrogen (secondary N) is 1. The highest BCUT2D eigenvalue weighted by Crippen LogP contribution is 2.13. The number of hydroxylamine groups is 1. The van der Waals surface area contributed by atoms with Crippen LogP contribution in [-0.4, -0.2) is 29.0 Å². The number of carbonyl (C=O) groups excluding carboxylic acids is 1. The highest BCUT2D eigenvalue weighted by atomic mass is 16.7. The van der Waals surface area contributed by atoms with Crippen LogP contribution in [0, 0.1) is 0 Å². The summed E-state index contributed by atoms with van der Waals surface area (Å²) in [6, 6.07) is 0. The van der Waals surface area contributed by atoms with E-state index >= 15 is 0 Å². The van der Waals surface area contributed by atoms with Gasteiger partial charge in [0, 0.05) is 6.42 Å². The van der Waals surface area contributed by atoms with Crippen LogP contribution in [0.1, 0.15) is 27.2 Å². The Morgan fingerprint density at radius 2 is 2.13 bits per heavy atom. The van der Waals surface area contributed by atoms with Crippen molar-refractivity contribution in [2.75, 3.05) is 0 Å². The van der Waals surface area contributed by atoms with Crippen LogP contribution in [-0.2, 0) is 9.57 Å². The third-order valence-electron chi connectivity index (χ3n) is 1.71. The van der Waals surface area contributed by atoms with E-state index in [0.717, 1.165) is 0 Å². The Morgan fingerprint density at radius 1 is 1.47 bits per heavy atom. The van der Waals surface area contributed by atoms with Gasteiger partial charge in [-0.25, -0.2) is 4.79 Å². The lowest BCUT2D eigenvalue weighted by Gasteiger charge is -2.20. The van der Waals surface area contributed by atoms with E-state index < -0.39 is 17.8 Å². The lowest BCUT2D eigenvalue weighted by Crippen LogP contribution is -2.34. The van der Waals surface area contributed by atoms with Gasteiger partial charge in [0.15, 0.2) is 0 Å². The number of ether oxygens (including phenoxy) is 1. The molecule has 2 N–H and O–H groups in total. The van der Waals surface area contributed by atoms with Crippen LogP contribution in [0.3, 0.4) is 0 Å². The second-order valence-corrected chi connectivity index (χ2v) is 4.45. The first-order valence-electron chi connectivity index (χ1n) is 4.88. The van der Waals surface area contributed by atoms with Crippen LogP contribution in [0.15, 0.2) is 12.2 Å². The number of hydrogen-bond acceptors (Lipinski definition) is 4. The van der Waals surface area contributed by atoms with Crippen LogP contribution in [0.25, 0.3) is 0 Å². The molecule has 0 heterocycles. The van der Waals surface area contributed by atoms with Crippen molar-refractivity contribution in [3.05, 3.63) is 12.2 Å². The Labute approximate surface area is 89.0 Å². The van der Waals surface area contributed by atoms with E-state index in [2.05, 4.69) is 5.48 Å². The average Bonchev–Trinajstić information content (AvgIpc) is 2.45. The summed E-state index contributed by atoms with van der Waals surface area (Å²) in [5.41, 5.74) is 1.63. The second-order valence-electron chi connectivity index (χ2n) is 4.45. The predicted octanol–water partition coefficient (Wildman–Crippen LogP) is 1.13. The molecule has 0 aromatic carbocycles. The molecule has 15 heavy (non-hydrogen) atoms. The molecule has 0 radical (unpaired) electrons. The highest BCUT2D eigenvalue weighted by Gasteiger charge is 2.20. The molecule has 1 aliphatic carbocycles. The molecule has 0 bridgehead atoms. The number of carbonyl (C=O) groups is 1. The topological polar surface area (TPSA) is 67.8 Å². The van der Waals surface area contributed by atoms with Crippen molar-refractivity contribution < 1.29 is 19.5 Å². The van der Waals surface area contributed by atoms with Crippen molar-refractivity contribution in [1.29, 1.82) is 0 Å². The molecule has 2 unspecified atom stereocenters. The number of aliphatic hydroxyl groups excluding tert-OH is 1. The summed E-state index contributed by atoms with van der Waals surface area (Å²) in [4.78, 5) is 16.2. The molecular weight excluding hydrogens is 198 g/mol. The largest absolute Gasteiger partial charge is 0.442 e. The van der Waals surface area contributed by atoms with E-state index in [1.165, 1.54) is 0 Å². The lowest BCUT2D eigenvalue weighted by atomic mass is 10.2. The fraction of sp³-hybridized carbons (Fsp3) is 0.700. The van der Waals surface area contributed by atoms with E-state index in [-0.39, 0.29) is 6.10 Å². The zero-order valence-corrected chi connectivity index (χ0v) is 9.19. The average molecular weight is 215 g/mol. The zero-order chi connectivity index (χ0) is 11.5. The lowest BCUT2D eigenvalue weighted by molar-refractivity contribution is -0.0324. The Morgan fingerprint density at radius 3 is 2.60 bits per heavy atom. The number of rotatable bonds is 2. The Kier molecular flexibility index (Phi) is 3.71. The second kappa shape index (κ2) is 4.63. The monoisotopic (exact) mass is 215 g/mol. The molecule has 5 nitrogen and oxygen atoms in total. The quantitative estimate of drug-likeness (QED) is 0.535. The van der Waals surface area contributed by atoms with Crippen molar-refractivity contribution in [3.8, 4) is 0 Å². The summed E-state index contributed by atoms with van der Waals surface area (Å²) in [6.07, 6.45) is 2.37. The molecule has 0 spiro atoms. The molecule has 0 saturated carbocycles. The van der Waals surface area contributed by atoms with Gasteiger partial charge in [0.1, 0.15) is 11.7 Å². The van der Waals surface area contributed by atoms with Crippen molar-refractivity contribution in [3.63, 3.8) is 0 Å².